The highest BCUT2D eigenvalue weighted by molar-refractivity contribution is 6.17. The first-order chi connectivity index (χ1) is 9.73. The maximum absolute atomic E-state index is 13.5. The number of fused-ring (bicyclic) bond motifs is 1. The summed E-state index contributed by atoms with van der Waals surface area (Å²) < 4.78 is 15.2. The van der Waals surface area contributed by atoms with Gasteiger partial charge in [0.15, 0.2) is 0 Å². The lowest BCUT2D eigenvalue weighted by molar-refractivity contribution is -0.125. The van der Waals surface area contributed by atoms with Crippen LogP contribution in [0.3, 0.4) is 0 Å². The molecule has 6 heteroatoms. The van der Waals surface area contributed by atoms with E-state index >= 15 is 0 Å². The summed E-state index contributed by atoms with van der Waals surface area (Å²) in [6, 6.07) is 3.78. The van der Waals surface area contributed by atoms with Crippen molar-refractivity contribution in [3.8, 4) is 0 Å². The molecule has 1 aromatic carbocycles. The van der Waals surface area contributed by atoms with Crippen LogP contribution in [-0.2, 0) is 10.7 Å². The van der Waals surface area contributed by atoms with Crippen molar-refractivity contribution in [1.82, 2.24) is 14.9 Å². The number of benzene rings is 1. The molecule has 1 unspecified atom stereocenters. The molecule has 4 nitrogen and oxygen atoms in total. The van der Waals surface area contributed by atoms with Gasteiger partial charge in [-0.15, -0.1) is 11.6 Å². The number of carbonyl (C=O) groups is 1. The molecule has 0 saturated carbocycles. The highest BCUT2D eigenvalue weighted by Crippen LogP contribution is 2.24. The lowest BCUT2D eigenvalue weighted by Crippen LogP contribution is -2.44. The van der Waals surface area contributed by atoms with Gasteiger partial charge in [-0.25, -0.2) is 9.37 Å². The molecule has 0 fully saturated rings. The predicted molar refractivity (Wildman–Crippen MR) is 81.9 cm³/mol. The van der Waals surface area contributed by atoms with Gasteiger partial charge in [-0.05, 0) is 45.9 Å². The highest BCUT2D eigenvalue weighted by Gasteiger charge is 2.24. The lowest BCUT2D eigenvalue weighted by atomic mass is 10.1. The van der Waals surface area contributed by atoms with Crippen LogP contribution in [0.25, 0.3) is 11.0 Å². The smallest absolute Gasteiger partial charge is 0.243 e. The molecule has 1 atom stereocenters. The number of rotatable bonds is 3. The normalized spacial score (nSPS) is 13.4. The monoisotopic (exact) mass is 311 g/mol. The van der Waals surface area contributed by atoms with Crippen molar-refractivity contribution in [2.24, 2.45) is 0 Å². The van der Waals surface area contributed by atoms with Crippen LogP contribution in [0, 0.1) is 5.82 Å². The predicted octanol–water partition coefficient (Wildman–Crippen LogP) is 3.39. The van der Waals surface area contributed by atoms with Crippen molar-refractivity contribution in [2.75, 3.05) is 0 Å². The van der Waals surface area contributed by atoms with E-state index in [2.05, 4.69) is 10.3 Å². The molecule has 21 heavy (non-hydrogen) atoms. The van der Waals surface area contributed by atoms with Gasteiger partial charge < -0.3 is 9.88 Å². The molecule has 114 valence electrons. The summed E-state index contributed by atoms with van der Waals surface area (Å²) in [6.45, 7) is 7.48. The molecule has 0 radical (unpaired) electrons. The molecule has 1 N–H and O–H groups in total. The zero-order valence-corrected chi connectivity index (χ0v) is 13.3. The lowest BCUT2D eigenvalue weighted by Gasteiger charge is -2.24. The van der Waals surface area contributed by atoms with Crippen LogP contribution in [0.1, 0.15) is 39.6 Å². The van der Waals surface area contributed by atoms with Gasteiger partial charge in [0.25, 0.3) is 0 Å². The minimum Gasteiger partial charge on any atom is -0.350 e. The molecule has 1 heterocycles. The summed E-state index contributed by atoms with van der Waals surface area (Å²) in [5.41, 5.74) is 0.860. The Bertz CT molecular complexity index is 675. The Morgan fingerprint density at radius 3 is 2.71 bits per heavy atom. The van der Waals surface area contributed by atoms with Crippen LogP contribution < -0.4 is 5.32 Å². The fraction of sp³-hybridized carbons (Fsp3) is 0.467. The topological polar surface area (TPSA) is 46.9 Å². The molecule has 0 aliphatic heterocycles. The number of alkyl halides is 1. The zero-order valence-electron chi connectivity index (χ0n) is 12.6. The first-order valence-electron chi connectivity index (χ1n) is 6.77. The second-order valence-corrected chi connectivity index (χ2v) is 6.35. The van der Waals surface area contributed by atoms with Gasteiger partial charge in [-0.1, -0.05) is 0 Å². The van der Waals surface area contributed by atoms with Crippen LogP contribution in [-0.4, -0.2) is 21.0 Å². The van der Waals surface area contributed by atoms with Crippen molar-refractivity contribution in [1.29, 1.82) is 0 Å². The molecule has 0 aliphatic rings. The van der Waals surface area contributed by atoms with E-state index in [9.17, 15) is 9.18 Å². The standard InChI is InChI=1S/C15H19ClFN3O/c1-9(14(21)19-15(2,3)4)20-12-7-10(17)5-6-11(12)18-13(20)8-16/h5-7,9H,8H2,1-4H3,(H,19,21). The van der Waals surface area contributed by atoms with Crippen molar-refractivity contribution in [3.05, 3.63) is 29.8 Å². The Labute approximate surface area is 128 Å². The Morgan fingerprint density at radius 1 is 1.48 bits per heavy atom. The van der Waals surface area contributed by atoms with Gasteiger partial charge in [0.2, 0.25) is 5.91 Å². The van der Waals surface area contributed by atoms with E-state index in [-0.39, 0.29) is 23.1 Å². The number of carbonyl (C=O) groups excluding carboxylic acids is 1. The van der Waals surface area contributed by atoms with Crippen LogP contribution >= 0.6 is 11.6 Å². The number of hydrogen-bond donors (Lipinski definition) is 1. The van der Waals surface area contributed by atoms with E-state index in [0.717, 1.165) is 0 Å². The van der Waals surface area contributed by atoms with E-state index in [1.165, 1.54) is 12.1 Å². The highest BCUT2D eigenvalue weighted by atomic mass is 35.5. The average Bonchev–Trinajstić information content (AvgIpc) is 2.73. The number of imidazole rings is 1. The quantitative estimate of drug-likeness (QED) is 0.883. The number of nitrogens with one attached hydrogen (secondary N) is 1. The minimum atomic E-state index is -0.523. The average molecular weight is 312 g/mol. The molecular formula is C15H19ClFN3O. The SMILES string of the molecule is CC(C(=O)NC(C)(C)C)n1c(CCl)nc2ccc(F)cc21. The fourth-order valence-electron chi connectivity index (χ4n) is 2.23. The molecule has 0 bridgehead atoms. The summed E-state index contributed by atoms with van der Waals surface area (Å²) >= 11 is 5.92. The third-order valence-corrected chi connectivity index (χ3v) is 3.35. The van der Waals surface area contributed by atoms with Crippen LogP contribution in [0.4, 0.5) is 4.39 Å². The van der Waals surface area contributed by atoms with Crippen molar-refractivity contribution < 1.29 is 9.18 Å². The molecule has 0 saturated heterocycles. The number of nitrogens with zero attached hydrogens (tertiary/aromatic N) is 2. The summed E-state index contributed by atoms with van der Waals surface area (Å²) in [5, 5.41) is 2.91. The Morgan fingerprint density at radius 2 is 2.14 bits per heavy atom. The molecule has 1 aromatic heterocycles. The van der Waals surface area contributed by atoms with Gasteiger partial charge in [-0.3, -0.25) is 4.79 Å². The Balaban J connectivity index is 2.48. The number of halogens is 2. The summed E-state index contributed by atoms with van der Waals surface area (Å²) in [6.07, 6.45) is 0. The van der Waals surface area contributed by atoms with E-state index in [0.29, 0.717) is 16.9 Å². The maximum atomic E-state index is 13.5. The zero-order chi connectivity index (χ0) is 15.8. The Kier molecular flexibility index (Phi) is 4.23. The molecule has 2 aromatic rings. The largest absolute Gasteiger partial charge is 0.350 e. The first-order valence-corrected chi connectivity index (χ1v) is 7.31. The summed E-state index contributed by atoms with van der Waals surface area (Å²) in [7, 11) is 0. The van der Waals surface area contributed by atoms with Gasteiger partial charge in [0, 0.05) is 5.54 Å². The van der Waals surface area contributed by atoms with Crippen LogP contribution in [0.2, 0.25) is 0 Å². The number of aromatic nitrogens is 2. The summed E-state index contributed by atoms with van der Waals surface area (Å²) in [5.74, 6) is 0.183. The van der Waals surface area contributed by atoms with Crippen molar-refractivity contribution >= 4 is 28.5 Å². The van der Waals surface area contributed by atoms with E-state index in [1.54, 1.807) is 17.6 Å². The molecule has 2 rings (SSSR count). The second kappa shape index (κ2) is 5.64. The van der Waals surface area contributed by atoms with Gasteiger partial charge in [-0.2, -0.15) is 0 Å². The number of hydrogen-bond acceptors (Lipinski definition) is 2. The van der Waals surface area contributed by atoms with Crippen molar-refractivity contribution in [2.45, 2.75) is 45.2 Å². The van der Waals surface area contributed by atoms with Crippen LogP contribution in [0.5, 0.6) is 0 Å². The number of amides is 1. The van der Waals surface area contributed by atoms with E-state index in [4.69, 9.17) is 11.6 Å². The molecule has 0 aliphatic carbocycles. The third-order valence-electron chi connectivity index (χ3n) is 3.11. The first kappa shape index (κ1) is 15.8. The molecule has 0 spiro atoms. The maximum Gasteiger partial charge on any atom is 0.243 e. The fourth-order valence-corrected chi connectivity index (χ4v) is 2.42. The third kappa shape index (κ3) is 3.35. The van der Waals surface area contributed by atoms with Gasteiger partial charge in [0.05, 0.1) is 16.9 Å². The second-order valence-electron chi connectivity index (χ2n) is 6.08. The van der Waals surface area contributed by atoms with E-state index in [1.807, 2.05) is 20.8 Å². The molecular weight excluding hydrogens is 293 g/mol. The van der Waals surface area contributed by atoms with Gasteiger partial charge >= 0.3 is 0 Å². The van der Waals surface area contributed by atoms with E-state index < -0.39 is 6.04 Å². The van der Waals surface area contributed by atoms with Crippen molar-refractivity contribution in [3.63, 3.8) is 0 Å². The molecule has 1 amide bonds. The Hall–Kier alpha value is -1.62. The summed E-state index contributed by atoms with van der Waals surface area (Å²) in [4.78, 5) is 16.7. The van der Waals surface area contributed by atoms with Gasteiger partial charge in [0.1, 0.15) is 17.7 Å². The minimum absolute atomic E-state index is 0.155. The van der Waals surface area contributed by atoms with Crippen LogP contribution in [0.15, 0.2) is 18.2 Å².